The van der Waals surface area contributed by atoms with Gasteiger partial charge in [0.05, 0.1) is 30.5 Å². The molecule has 4 rings (SSSR count). The Hall–Kier alpha value is -2.30. The van der Waals surface area contributed by atoms with Crippen LogP contribution in [-0.2, 0) is 42.6 Å². The largest absolute Gasteiger partial charge is 0.456 e. The van der Waals surface area contributed by atoms with Crippen molar-refractivity contribution in [1.29, 1.82) is 0 Å². The van der Waals surface area contributed by atoms with Crippen LogP contribution >= 0.6 is 0 Å². The highest BCUT2D eigenvalue weighted by atomic mass is 28.4. The van der Waals surface area contributed by atoms with Crippen LogP contribution in [0.3, 0.4) is 0 Å². The predicted molar refractivity (Wildman–Crippen MR) is 239 cm³/mol. The Morgan fingerprint density at radius 3 is 2.18 bits per heavy atom. The minimum Gasteiger partial charge on any atom is -0.456 e. The summed E-state index contributed by atoms with van der Waals surface area (Å²) in [5, 5.41) is 35.2. The maximum Gasteiger partial charge on any atom is 0.329 e. The minimum absolute atomic E-state index is 0.00815. The van der Waals surface area contributed by atoms with Gasteiger partial charge >= 0.3 is 5.97 Å². The molecule has 1 amide bonds. The Morgan fingerprint density at radius 1 is 0.935 bits per heavy atom. The van der Waals surface area contributed by atoms with Crippen molar-refractivity contribution in [3.8, 4) is 0 Å². The average Bonchev–Trinajstić information content (AvgIpc) is 3.20. The topological polar surface area (TPSA) is 178 Å². The molecule has 0 aromatic heterocycles. The second-order valence-electron chi connectivity index (χ2n) is 20.8. The minimum atomic E-state index is -2.51. The lowest BCUT2D eigenvalue weighted by Gasteiger charge is -2.47. The third-order valence-corrected chi connectivity index (χ3v) is 19.3. The van der Waals surface area contributed by atoms with Gasteiger partial charge in [-0.15, -0.1) is 0 Å². The number of hydrogen-bond acceptors (Lipinski definition) is 12. The number of piperidine rings is 1. The molecule has 4 aliphatic rings. The number of aliphatic hydroxyl groups excluding tert-OH is 2. The van der Waals surface area contributed by atoms with Crippen LogP contribution in [0.1, 0.15) is 133 Å². The number of allylic oxidation sites excluding steroid dienone is 3. The maximum atomic E-state index is 14.4. The van der Waals surface area contributed by atoms with Crippen molar-refractivity contribution >= 4 is 31.8 Å². The van der Waals surface area contributed by atoms with Crippen LogP contribution in [0.15, 0.2) is 23.3 Å². The zero-order chi connectivity index (χ0) is 46.5. The second-order valence-corrected chi connectivity index (χ2v) is 25.6. The standard InChI is InChI=1S/C48H81NO12Si/c1-14-34-22-28(2)21-29(3)23-40(57-10)43-41(58-11)25-31(5)48(56,60-43)44(53)45(54)49-20-16-15-17-35(49)46(55)59-42(32(6)36(50)27-37(34)51)30(4)24-33-18-19-39(38(52)26-33)61-62(12,13)47(7,8)9/h22,24,29,31-36,38-43,50,52,56H,14-21,23,25-27H2,1-13H3/b28-22+,30-24?. The van der Waals surface area contributed by atoms with E-state index in [1.54, 1.807) is 13.8 Å². The molecule has 0 radical (unpaired) electrons. The van der Waals surface area contributed by atoms with Crippen molar-refractivity contribution in [1.82, 2.24) is 4.90 Å². The van der Waals surface area contributed by atoms with Crippen molar-refractivity contribution in [2.24, 2.45) is 29.6 Å². The highest BCUT2D eigenvalue weighted by Gasteiger charge is 2.56. The molecule has 3 N–H and O–H groups in total. The molecular formula is C48H81NO12Si. The predicted octanol–water partition coefficient (Wildman–Crippen LogP) is 6.85. The van der Waals surface area contributed by atoms with Gasteiger partial charge in [-0.25, -0.2) is 4.79 Å². The number of Topliss-reactive ketones (excluding diaryl/α,β-unsaturated/α-hetero) is 2. The number of hydrogen-bond donors (Lipinski definition) is 3. The molecule has 3 aliphatic heterocycles. The first-order chi connectivity index (χ1) is 28.9. The van der Waals surface area contributed by atoms with E-state index < -0.39 is 92.2 Å². The highest BCUT2D eigenvalue weighted by molar-refractivity contribution is 6.74. The smallest absolute Gasteiger partial charge is 0.329 e. The average molecular weight is 892 g/mol. The molecule has 2 saturated heterocycles. The van der Waals surface area contributed by atoms with Gasteiger partial charge in [-0.05, 0) is 114 Å². The molecule has 3 fully saturated rings. The summed E-state index contributed by atoms with van der Waals surface area (Å²) in [5.41, 5.74) is 1.65. The summed E-state index contributed by atoms with van der Waals surface area (Å²) in [7, 11) is 0.942. The summed E-state index contributed by atoms with van der Waals surface area (Å²) in [6, 6.07) is -1.14. The number of carbonyl (C=O) groups excluding carboxylic acids is 4. The number of ether oxygens (including phenoxy) is 4. The Morgan fingerprint density at radius 2 is 1.58 bits per heavy atom. The van der Waals surface area contributed by atoms with Crippen molar-refractivity contribution in [3.05, 3.63) is 23.3 Å². The number of amides is 1. The lowest BCUT2D eigenvalue weighted by Crippen LogP contribution is -2.64. The molecule has 0 aromatic carbocycles. The van der Waals surface area contributed by atoms with Gasteiger partial charge in [0.25, 0.3) is 11.7 Å². The van der Waals surface area contributed by atoms with Crippen LogP contribution in [0.25, 0.3) is 0 Å². The monoisotopic (exact) mass is 892 g/mol. The van der Waals surface area contributed by atoms with Crippen LogP contribution in [0.5, 0.6) is 0 Å². The summed E-state index contributed by atoms with van der Waals surface area (Å²) < 4.78 is 31.0. The molecule has 354 valence electrons. The van der Waals surface area contributed by atoms with Gasteiger partial charge in [0.1, 0.15) is 24.0 Å². The molecule has 3 heterocycles. The zero-order valence-corrected chi connectivity index (χ0v) is 41.1. The van der Waals surface area contributed by atoms with E-state index in [1.807, 2.05) is 32.9 Å². The summed E-state index contributed by atoms with van der Waals surface area (Å²) in [6.45, 7) is 22.2. The van der Waals surface area contributed by atoms with Crippen LogP contribution < -0.4 is 0 Å². The third-order valence-electron chi connectivity index (χ3n) is 14.8. The number of aliphatic hydroxyl groups is 3. The molecule has 1 saturated carbocycles. The first-order valence-corrected chi connectivity index (χ1v) is 26.2. The Labute approximate surface area is 372 Å². The van der Waals surface area contributed by atoms with E-state index in [0.717, 1.165) is 12.0 Å². The lowest BCUT2D eigenvalue weighted by molar-refractivity contribution is -0.302. The summed E-state index contributed by atoms with van der Waals surface area (Å²) in [4.78, 5) is 58.2. The Balaban J connectivity index is 1.73. The van der Waals surface area contributed by atoms with Gasteiger partial charge in [0.2, 0.25) is 5.79 Å². The number of nitrogens with zero attached hydrogens (tertiary/aromatic N) is 1. The molecule has 14 unspecified atom stereocenters. The van der Waals surface area contributed by atoms with E-state index in [-0.39, 0.29) is 54.6 Å². The molecular weight excluding hydrogens is 811 g/mol. The zero-order valence-electron chi connectivity index (χ0n) is 40.1. The highest BCUT2D eigenvalue weighted by Crippen LogP contribution is 2.42. The van der Waals surface area contributed by atoms with Crippen molar-refractivity contribution in [2.45, 2.75) is 206 Å². The molecule has 14 heteroatoms. The number of fused-ring (bicyclic) bond motifs is 3. The van der Waals surface area contributed by atoms with E-state index in [9.17, 15) is 34.5 Å². The first kappa shape index (κ1) is 52.3. The third kappa shape index (κ3) is 12.3. The fourth-order valence-electron chi connectivity index (χ4n) is 9.84. The first-order valence-electron chi connectivity index (χ1n) is 23.3. The molecule has 1 aliphatic carbocycles. The number of rotatable bonds is 7. The summed E-state index contributed by atoms with van der Waals surface area (Å²) in [6.07, 6.45) is 3.67. The van der Waals surface area contributed by atoms with E-state index in [0.29, 0.717) is 50.5 Å². The molecule has 0 aromatic rings. The lowest BCUT2D eigenvalue weighted by atomic mass is 9.81. The number of carbonyl (C=O) groups is 4. The van der Waals surface area contributed by atoms with Crippen LogP contribution in [0.2, 0.25) is 18.1 Å². The molecule has 62 heavy (non-hydrogen) atoms. The molecule has 2 bridgehead atoms. The molecule has 0 spiro atoms. The Kier molecular flexibility index (Phi) is 18.4. The van der Waals surface area contributed by atoms with Gasteiger partial charge < -0.3 is 43.6 Å². The van der Waals surface area contributed by atoms with Gasteiger partial charge in [-0.1, -0.05) is 66.2 Å². The van der Waals surface area contributed by atoms with E-state index >= 15 is 0 Å². The van der Waals surface area contributed by atoms with Crippen molar-refractivity contribution < 1.29 is 57.9 Å². The normalized spacial score (nSPS) is 39.3. The second kappa shape index (κ2) is 21.8. The number of cyclic esters (lactones) is 1. The van der Waals surface area contributed by atoms with Crippen molar-refractivity contribution in [3.63, 3.8) is 0 Å². The van der Waals surface area contributed by atoms with Gasteiger partial charge in [-0.2, -0.15) is 0 Å². The van der Waals surface area contributed by atoms with Crippen LogP contribution in [-0.4, -0.2) is 127 Å². The van der Waals surface area contributed by atoms with Gasteiger partial charge in [0, 0.05) is 44.9 Å². The maximum absolute atomic E-state index is 14.4. The SMILES string of the molecule is CCC1/C=C(\C)CC(C)CC(OC)C2OC(O)(C(=O)C(=O)N3CCCCC3C(=O)OC(C(C)=CC3CCC(O[Si](C)(C)C(C)(C)C)C(O)C3)C(C)C(O)CC1=O)C(C)CC2OC. The fraction of sp³-hybridized carbons (Fsp3) is 0.833. The number of methoxy groups -OCH3 is 2. The summed E-state index contributed by atoms with van der Waals surface area (Å²) >= 11 is 0. The van der Waals surface area contributed by atoms with E-state index in [4.69, 9.17) is 23.4 Å². The fourth-order valence-corrected chi connectivity index (χ4v) is 11.2. The number of esters is 1. The summed E-state index contributed by atoms with van der Waals surface area (Å²) in [5.74, 6) is -7.61. The van der Waals surface area contributed by atoms with E-state index in [1.165, 1.54) is 19.1 Å². The van der Waals surface area contributed by atoms with Gasteiger partial charge in [0.15, 0.2) is 8.32 Å². The van der Waals surface area contributed by atoms with E-state index in [2.05, 4.69) is 40.8 Å². The quantitative estimate of drug-likeness (QED) is 0.105. The van der Waals surface area contributed by atoms with Gasteiger partial charge in [-0.3, -0.25) is 14.4 Å². The molecule has 14 atom stereocenters. The Bertz CT molecular complexity index is 1620. The van der Waals surface area contributed by atoms with Crippen molar-refractivity contribution in [2.75, 3.05) is 20.8 Å². The van der Waals surface area contributed by atoms with Crippen LogP contribution in [0.4, 0.5) is 0 Å². The molecule has 13 nitrogen and oxygen atoms in total. The van der Waals surface area contributed by atoms with Crippen LogP contribution in [0, 0.1) is 29.6 Å². The number of ketones is 2.